The normalized spacial score (nSPS) is 32.9. The highest BCUT2D eigenvalue weighted by Crippen LogP contribution is 2.61. The highest BCUT2D eigenvalue weighted by Gasteiger charge is 2.70. The van der Waals surface area contributed by atoms with E-state index in [4.69, 9.17) is 161 Å². The molecule has 0 aliphatic carbocycles. The SMILES string of the molecule is COP([O-])(=S)O[C@@H]1C[C@H](n2cc(C)c(=O)[nH]c2=O)O[C@@H]1COP(=O)([S-])O[C@@H]1C[C@H](n2cnc3c(N)ncnc32)O[C@@H]1COP([O-])(=S)O[C@@H]1C[C@H](n2cnc3c(=O)[nH]c(N)nc32)O[C@@H]1COP([O-])(=S)O[C@@H]1C2O[C@@H](C)[C@]1(COP([O-])(=S)O[C@@H]1C3O[C@@H](C)[C@]1(CO)O[C@H]3n1cnc3c(N)ncnc31)O[C@H]2n1cnc2c(N)ncnc21. The number of aryl methyl sites for hydroxylation is 1. The van der Waals surface area contributed by atoms with Gasteiger partial charge in [0.2, 0.25) is 5.95 Å². The van der Waals surface area contributed by atoms with E-state index in [9.17, 15) is 38.7 Å². The maximum Gasteiger partial charge on any atom is 0.330 e. The van der Waals surface area contributed by atoms with Gasteiger partial charge in [0.05, 0.1) is 88.9 Å². The molecular weight excluding hydrogens is 1700 g/mol. The fraction of sp³-hybridized carbons (Fsp3) is 0.564. The molecule has 0 saturated carbocycles. The van der Waals surface area contributed by atoms with Gasteiger partial charge in [-0.3, -0.25) is 47.0 Å². The molecule has 7 unspecified atom stereocenters. The minimum Gasteiger partial charge on any atom is -0.780 e. The van der Waals surface area contributed by atoms with Crippen LogP contribution in [0.5, 0.6) is 0 Å². The van der Waals surface area contributed by atoms with Crippen molar-refractivity contribution in [2.75, 3.05) is 63.1 Å². The van der Waals surface area contributed by atoms with Crippen LogP contribution in [0.2, 0.25) is 0 Å². The van der Waals surface area contributed by atoms with Gasteiger partial charge in [0.25, 0.3) is 11.1 Å². The first kappa shape index (κ1) is 80.9. The van der Waals surface area contributed by atoms with Crippen LogP contribution in [0, 0.1) is 6.92 Å². The van der Waals surface area contributed by atoms with Crippen LogP contribution in [0.3, 0.4) is 0 Å². The second kappa shape index (κ2) is 30.5. The van der Waals surface area contributed by atoms with Gasteiger partial charge in [-0.25, -0.2) is 54.6 Å². The zero-order valence-corrected chi connectivity index (χ0v) is 67.0. The third-order valence-corrected chi connectivity index (χ3v) is 27.9. The van der Waals surface area contributed by atoms with Crippen molar-refractivity contribution in [2.45, 2.75) is 156 Å². The molecule has 24 atom stereocenters. The molecule has 0 spiro atoms. The van der Waals surface area contributed by atoms with Crippen molar-refractivity contribution in [3.05, 3.63) is 87.2 Å². The molecule has 7 aliphatic rings. The second-order valence-electron chi connectivity index (χ2n) is 26.7. The Labute approximate surface area is 658 Å². The number of nitrogens with zero attached hydrogens (tertiary/aromatic N) is 16. The molecule has 7 aliphatic heterocycles. The van der Waals surface area contributed by atoms with Crippen molar-refractivity contribution >= 4 is 161 Å². The van der Waals surface area contributed by atoms with Crippen molar-refractivity contribution in [1.29, 1.82) is 0 Å². The van der Waals surface area contributed by atoms with E-state index in [0.717, 1.165) is 11.7 Å². The number of aromatic nitrogens is 18. The lowest BCUT2D eigenvalue weighted by atomic mass is 9.94. The summed E-state index contributed by atoms with van der Waals surface area (Å²) in [6.45, 7) is -22.9. The fourth-order valence-corrected chi connectivity index (χ4v) is 21.3. The highest BCUT2D eigenvalue weighted by atomic mass is 32.7. The van der Waals surface area contributed by atoms with Crippen molar-refractivity contribution in [1.82, 2.24) is 87.6 Å². The molecule has 0 amide bonds. The number of rotatable bonds is 29. The fourth-order valence-electron chi connectivity index (χ4n) is 14.6. The van der Waals surface area contributed by atoms with Gasteiger partial charge in [-0.15, -0.1) is 0 Å². The molecule has 0 aromatic carbocycles. The summed E-state index contributed by atoms with van der Waals surface area (Å²) in [6.07, 6.45) is -12.5. The Morgan fingerprint density at radius 1 is 0.549 bits per heavy atom. The summed E-state index contributed by atoms with van der Waals surface area (Å²) in [5.74, 6) is -0.226. The first-order valence-electron chi connectivity index (χ1n) is 33.7. The smallest absolute Gasteiger partial charge is 0.330 e. The van der Waals surface area contributed by atoms with Crippen molar-refractivity contribution in [3.63, 3.8) is 0 Å². The molecule has 113 heavy (non-hydrogen) atoms. The van der Waals surface area contributed by atoms with Gasteiger partial charge in [0, 0.05) is 38.1 Å². The number of hydrogen-bond acceptors (Lipinski definition) is 46. The summed E-state index contributed by atoms with van der Waals surface area (Å²) < 4.78 is 125. The molecule has 58 heteroatoms. The molecule has 610 valence electrons. The quantitative estimate of drug-likeness (QED) is 0.0187. The van der Waals surface area contributed by atoms with E-state index in [2.05, 4.69) is 64.8 Å². The monoisotopic (exact) mass is 1760 g/mol. The lowest BCUT2D eigenvalue weighted by Crippen LogP contribution is -2.52. The van der Waals surface area contributed by atoms with Crippen LogP contribution in [0.1, 0.15) is 69.8 Å². The van der Waals surface area contributed by atoms with E-state index < -0.39 is 199 Å². The third-order valence-electron chi connectivity index (χ3n) is 20.1. The first-order chi connectivity index (χ1) is 53.6. The van der Waals surface area contributed by atoms with Crippen molar-refractivity contribution < 1.29 is 108 Å². The van der Waals surface area contributed by atoms with E-state index in [1.165, 1.54) is 75.7 Å². The number of nitrogens with one attached hydrogen (secondary N) is 2. The number of aliphatic hydroxyl groups excluding tert-OH is 1. The first-order valence-corrected chi connectivity index (χ1v) is 46.5. The lowest BCUT2D eigenvalue weighted by Gasteiger charge is -2.41. The van der Waals surface area contributed by atoms with E-state index in [-0.39, 0.29) is 92.9 Å². The predicted molar refractivity (Wildman–Crippen MR) is 392 cm³/mol. The van der Waals surface area contributed by atoms with Gasteiger partial charge in [0.1, 0.15) is 135 Å². The Morgan fingerprint density at radius 2 is 0.973 bits per heavy atom. The molecule has 7 saturated heterocycles. The Hall–Kier alpha value is -5.82. The summed E-state index contributed by atoms with van der Waals surface area (Å²) in [5, 5.41) is 11.0. The molecule has 9 aromatic rings. The molecule has 11 N–H and O–H groups in total. The highest BCUT2D eigenvalue weighted by molar-refractivity contribution is 8.32. The maximum absolute atomic E-state index is 15.2. The topological polar surface area (TPSA) is 640 Å². The third kappa shape index (κ3) is 15.3. The summed E-state index contributed by atoms with van der Waals surface area (Å²) in [4.78, 5) is 147. The van der Waals surface area contributed by atoms with Crippen LogP contribution in [0.25, 0.3) is 44.7 Å². The van der Waals surface area contributed by atoms with E-state index >= 15 is 4.89 Å². The van der Waals surface area contributed by atoms with Gasteiger partial charge in [-0.2, -0.15) is 4.98 Å². The number of ether oxygens (including phenoxy) is 7. The summed E-state index contributed by atoms with van der Waals surface area (Å²) >= 11 is 27.3. The minimum absolute atomic E-state index is 0.00188. The molecule has 9 aromatic heterocycles. The van der Waals surface area contributed by atoms with Crippen LogP contribution in [0.15, 0.2) is 64.9 Å². The average molecular weight is 1760 g/mol. The molecule has 16 heterocycles. The van der Waals surface area contributed by atoms with Crippen LogP contribution in [-0.4, -0.2) is 217 Å². The second-order valence-corrected chi connectivity index (χ2v) is 40.4. The number of imidazole rings is 4. The number of hydrogen-bond donors (Lipinski definition) is 7. The van der Waals surface area contributed by atoms with Crippen LogP contribution in [0.4, 0.5) is 23.4 Å². The Morgan fingerprint density at radius 3 is 1.50 bits per heavy atom. The van der Waals surface area contributed by atoms with Gasteiger partial charge < -0.3 is 138 Å². The zero-order valence-electron chi connectivity index (χ0n) is 58.5. The lowest BCUT2D eigenvalue weighted by molar-refractivity contribution is -0.241. The summed E-state index contributed by atoms with van der Waals surface area (Å²) in [7, 11) is 1.05. The van der Waals surface area contributed by atoms with E-state index in [1.54, 1.807) is 13.8 Å². The number of fused-ring (bicyclic) bond motifs is 8. The molecule has 48 nitrogen and oxygen atoms in total. The van der Waals surface area contributed by atoms with Gasteiger partial charge in [0.15, 0.2) is 64.8 Å². The average Bonchev–Trinajstić information content (AvgIpc) is 1.54. The van der Waals surface area contributed by atoms with E-state index in [1.807, 2.05) is 0 Å². The molecule has 4 bridgehead atoms. The van der Waals surface area contributed by atoms with Gasteiger partial charge in [-0.05, 0) is 20.8 Å². The van der Waals surface area contributed by atoms with Crippen LogP contribution in [-0.2, 0) is 142 Å². The van der Waals surface area contributed by atoms with Crippen LogP contribution < -0.4 is 59.3 Å². The Bertz CT molecular complexity index is 5660. The van der Waals surface area contributed by atoms with Crippen LogP contribution >= 0.6 is 33.7 Å². The molecule has 7 fully saturated rings. The summed E-state index contributed by atoms with van der Waals surface area (Å²) in [6, 6.07) is 0. The van der Waals surface area contributed by atoms with E-state index in [0.29, 0.717) is 0 Å². The number of aliphatic hydroxyl groups is 1. The standard InChI is InChI=1S/C55H69N22O26P5S5/c1-21-8-73(53(81)72-48(21)79)30-5-24(99-104(82,109)87-4)27(94-30)9-88-105(83,110)100-25-6-31(74-17-66-33-41(56)60-14-63-44(33)74)95-28(25)10-89-106(84,111)101-26-7-32(75-18-69-36-47(75)70-52(59)71-49(36)80)96-29(26)11-90-107(85,112)103-40-38-51(77-20-68-35-43(58)62-16-65-46(35)77)98-55(40,23(3)93-38)13-91-108(86,113)102-39-37-50(97-54(39,12-78)22(2)92-37)76-19-67-34-42(57)61-15-64-45(34)76/h8,14-20,22-32,37-40,50-51,78H,5-7,9-13H2,1-4H3,(H,82,109)(H,83,110)(H,84,111)(H,85,112)(H,86,113)(H2,56,60,63)(H2,57,61,64)(H2,58,62,65)(H,72,79,81)(H3,59,70,71,80)/p-5/t22-,23-,24+,25+,26+,27+,28+,29+,30+,31+,32+,37?,38?,39+,40+,50+,51+,54-,55-,104?,105?,106?,107?,108?/m0/s1. The maximum atomic E-state index is 15.2. The number of anilines is 4. The molecule has 16 rings (SSSR count). The zero-order chi connectivity index (χ0) is 80.0. The Kier molecular flexibility index (Phi) is 21.9. The number of nitrogens with two attached hydrogens (primary N) is 4. The molecular formula is C55H64N22O26P5S5-5. The number of aromatic amines is 2. The van der Waals surface area contributed by atoms with Gasteiger partial charge in [-0.1, -0.05) is 47.2 Å². The van der Waals surface area contributed by atoms with Gasteiger partial charge >= 0.3 is 5.69 Å². The van der Waals surface area contributed by atoms with Crippen molar-refractivity contribution in [3.8, 4) is 0 Å². The largest absolute Gasteiger partial charge is 0.780 e. The Balaban J connectivity index is 0.646. The number of H-pyrrole nitrogens is 2. The molecule has 0 radical (unpaired) electrons. The number of nitrogen functional groups attached to an aromatic ring is 4. The van der Waals surface area contributed by atoms with Crippen molar-refractivity contribution in [2.24, 2.45) is 0 Å². The summed E-state index contributed by atoms with van der Waals surface area (Å²) in [5.41, 5.74) is 19.5. The predicted octanol–water partition coefficient (Wildman–Crippen LogP) is -2.58. The minimum atomic E-state index is -5.00.